The van der Waals surface area contributed by atoms with Crippen molar-refractivity contribution in [1.29, 1.82) is 0 Å². The van der Waals surface area contributed by atoms with Gasteiger partial charge in [-0.15, -0.1) is 0 Å². The predicted molar refractivity (Wildman–Crippen MR) is 137 cm³/mol. The van der Waals surface area contributed by atoms with Crippen LogP contribution in [0, 0.1) is 0 Å². The van der Waals surface area contributed by atoms with E-state index < -0.39 is 0 Å². The molecular weight excluding hydrogens is 438 g/mol. The van der Waals surface area contributed by atoms with Gasteiger partial charge in [0.15, 0.2) is 11.5 Å². The summed E-state index contributed by atoms with van der Waals surface area (Å²) in [5.74, 6) is 1.95. The van der Waals surface area contributed by atoms with Gasteiger partial charge in [-0.25, -0.2) is 0 Å². The number of fused-ring (bicyclic) bond motifs is 5. The first-order chi connectivity index (χ1) is 17.0. The van der Waals surface area contributed by atoms with Gasteiger partial charge in [-0.2, -0.15) is 0 Å². The molecule has 3 heterocycles. The van der Waals surface area contributed by atoms with Crippen molar-refractivity contribution in [2.24, 2.45) is 0 Å². The maximum absolute atomic E-state index is 10.9. The normalized spacial score (nSPS) is 29.5. The third kappa shape index (κ3) is 2.84. The Labute approximate surface area is 206 Å². The Morgan fingerprint density at radius 1 is 1.06 bits per heavy atom. The molecule has 2 spiro atoms. The summed E-state index contributed by atoms with van der Waals surface area (Å²) >= 11 is 0. The Bertz CT molecular complexity index is 1330. The lowest BCUT2D eigenvalue weighted by molar-refractivity contribution is 0.126. The van der Waals surface area contributed by atoms with Gasteiger partial charge in [0.25, 0.3) is 0 Å². The smallest absolute Gasteiger partial charge is 0.164 e. The van der Waals surface area contributed by atoms with Crippen molar-refractivity contribution in [3.05, 3.63) is 52.2 Å². The Balaban J connectivity index is 1.30. The van der Waals surface area contributed by atoms with Gasteiger partial charge in [-0.05, 0) is 92.9 Å². The van der Waals surface area contributed by atoms with Crippen LogP contribution in [0.1, 0.15) is 66.1 Å². The summed E-state index contributed by atoms with van der Waals surface area (Å²) in [5, 5.41) is 16.2. The Morgan fingerprint density at radius 2 is 1.89 bits per heavy atom. The van der Waals surface area contributed by atoms with E-state index in [1.165, 1.54) is 38.9 Å². The number of hydrogen-bond donors (Lipinski definition) is 3. The van der Waals surface area contributed by atoms with E-state index in [1.807, 2.05) is 12.1 Å². The van der Waals surface area contributed by atoms with Crippen LogP contribution in [0.4, 0.5) is 0 Å². The highest BCUT2D eigenvalue weighted by molar-refractivity contribution is 5.87. The molecule has 0 radical (unpaired) electrons. The second-order valence-corrected chi connectivity index (χ2v) is 11.3. The molecule has 0 amide bonds. The molecule has 0 bridgehead atoms. The number of phenolic OH excluding ortho intramolecular Hbond substituents is 1. The highest BCUT2D eigenvalue weighted by Crippen LogP contribution is 2.62. The molecule has 35 heavy (non-hydrogen) atoms. The molecule has 0 saturated heterocycles. The number of phenols is 1. The number of rotatable bonds is 2. The molecule has 7 rings (SSSR count). The van der Waals surface area contributed by atoms with Crippen molar-refractivity contribution in [3.8, 4) is 17.2 Å². The SMILES string of the molecule is COc1ccc2[nH]c3c(c2c1)CCNC31CCC2(CC1)C[C@@H]1c3c(cc(O)c(OC)c32)CCN1C. The fraction of sp³-hybridized carbons (Fsp3) is 0.517. The first-order valence-electron chi connectivity index (χ1n) is 13.1. The van der Waals surface area contributed by atoms with Crippen molar-refractivity contribution < 1.29 is 14.6 Å². The van der Waals surface area contributed by atoms with Gasteiger partial charge < -0.3 is 24.9 Å². The number of aromatic amines is 1. The first-order valence-corrected chi connectivity index (χ1v) is 13.1. The van der Waals surface area contributed by atoms with E-state index in [9.17, 15) is 5.11 Å². The fourth-order valence-corrected chi connectivity index (χ4v) is 8.02. The fourth-order valence-electron chi connectivity index (χ4n) is 8.02. The van der Waals surface area contributed by atoms with Crippen LogP contribution in [0.5, 0.6) is 17.2 Å². The molecule has 2 aromatic carbocycles. The summed E-state index contributed by atoms with van der Waals surface area (Å²) in [6, 6.07) is 8.78. The maximum Gasteiger partial charge on any atom is 0.164 e. The quantitative estimate of drug-likeness (QED) is 0.504. The van der Waals surface area contributed by atoms with Crippen molar-refractivity contribution in [2.75, 3.05) is 34.4 Å². The standard InChI is InChI=1S/C29H35N3O3/c1-32-13-7-17-14-23(33)26(35-3)25-24(17)22(32)16-28(25)8-10-29(11-9-28)27-19(6-12-30-29)20-15-18(34-2)4-5-21(20)31-27/h4-5,14-15,22,30-31,33H,6-13,16H2,1-3H3/t22-,28?,29?/m1/s1. The number of aromatic nitrogens is 1. The van der Waals surface area contributed by atoms with Crippen LogP contribution in [0.25, 0.3) is 10.9 Å². The van der Waals surface area contributed by atoms with E-state index >= 15 is 0 Å². The number of ether oxygens (including phenoxy) is 2. The number of hydrogen-bond acceptors (Lipinski definition) is 5. The molecule has 3 N–H and O–H groups in total. The minimum atomic E-state index is -0.0255. The predicted octanol–water partition coefficient (Wildman–Crippen LogP) is 4.68. The minimum absolute atomic E-state index is 0.0255. The zero-order valence-electron chi connectivity index (χ0n) is 21.0. The summed E-state index contributed by atoms with van der Waals surface area (Å²) in [4.78, 5) is 6.33. The van der Waals surface area contributed by atoms with Gasteiger partial charge in [-0.3, -0.25) is 4.90 Å². The molecular formula is C29H35N3O3. The van der Waals surface area contributed by atoms with Crippen molar-refractivity contribution in [3.63, 3.8) is 0 Å². The van der Waals surface area contributed by atoms with Gasteiger partial charge in [0.05, 0.1) is 19.8 Å². The topological polar surface area (TPSA) is 69.8 Å². The minimum Gasteiger partial charge on any atom is -0.504 e. The highest BCUT2D eigenvalue weighted by atomic mass is 16.5. The maximum atomic E-state index is 10.9. The molecule has 6 nitrogen and oxygen atoms in total. The van der Waals surface area contributed by atoms with Gasteiger partial charge >= 0.3 is 0 Å². The van der Waals surface area contributed by atoms with Crippen molar-refractivity contribution in [1.82, 2.24) is 15.2 Å². The molecule has 1 aromatic heterocycles. The van der Waals surface area contributed by atoms with E-state index in [1.54, 1.807) is 14.2 Å². The number of benzene rings is 2. The third-order valence-corrected chi connectivity index (χ3v) is 9.79. The molecule has 3 aromatic rings. The lowest BCUT2D eigenvalue weighted by Crippen LogP contribution is -2.52. The molecule has 0 unspecified atom stereocenters. The molecule has 1 fully saturated rings. The zero-order valence-corrected chi connectivity index (χ0v) is 21.0. The first kappa shape index (κ1) is 21.6. The number of likely N-dealkylation sites (N-methyl/N-ethyl adjacent to an activating group) is 1. The van der Waals surface area contributed by atoms with Crippen LogP contribution in [-0.4, -0.2) is 49.3 Å². The van der Waals surface area contributed by atoms with Crippen LogP contribution >= 0.6 is 0 Å². The molecule has 6 heteroatoms. The number of aromatic hydroxyl groups is 1. The average molecular weight is 474 g/mol. The highest BCUT2D eigenvalue weighted by Gasteiger charge is 2.54. The van der Waals surface area contributed by atoms with E-state index in [4.69, 9.17) is 9.47 Å². The Morgan fingerprint density at radius 3 is 2.66 bits per heavy atom. The zero-order chi connectivity index (χ0) is 23.9. The van der Waals surface area contributed by atoms with Crippen LogP contribution in [-0.2, 0) is 23.8 Å². The van der Waals surface area contributed by atoms with Crippen LogP contribution < -0.4 is 14.8 Å². The molecule has 2 aliphatic carbocycles. The molecule has 4 aliphatic rings. The van der Waals surface area contributed by atoms with E-state index in [-0.39, 0.29) is 11.0 Å². The molecule has 1 atom stereocenters. The second-order valence-electron chi connectivity index (χ2n) is 11.3. The summed E-state index contributed by atoms with van der Waals surface area (Å²) in [5.41, 5.74) is 8.13. The summed E-state index contributed by atoms with van der Waals surface area (Å²) in [7, 11) is 5.71. The summed E-state index contributed by atoms with van der Waals surface area (Å²) < 4.78 is 11.4. The average Bonchev–Trinajstić information content (AvgIpc) is 3.42. The summed E-state index contributed by atoms with van der Waals surface area (Å²) in [6.07, 6.45) is 7.50. The van der Waals surface area contributed by atoms with E-state index in [2.05, 4.69) is 34.4 Å². The lowest BCUT2D eigenvalue weighted by atomic mass is 9.62. The van der Waals surface area contributed by atoms with E-state index in [0.29, 0.717) is 17.5 Å². The Hall–Kier alpha value is -2.70. The van der Waals surface area contributed by atoms with Gasteiger partial charge in [0, 0.05) is 46.7 Å². The summed E-state index contributed by atoms with van der Waals surface area (Å²) in [6.45, 7) is 2.05. The van der Waals surface area contributed by atoms with Crippen LogP contribution in [0.2, 0.25) is 0 Å². The van der Waals surface area contributed by atoms with Crippen molar-refractivity contribution in [2.45, 2.75) is 61.9 Å². The van der Waals surface area contributed by atoms with Crippen LogP contribution in [0.15, 0.2) is 24.3 Å². The lowest BCUT2D eigenvalue weighted by Gasteiger charge is -2.48. The molecule has 184 valence electrons. The van der Waals surface area contributed by atoms with Crippen LogP contribution in [0.3, 0.4) is 0 Å². The number of H-pyrrole nitrogens is 1. The monoisotopic (exact) mass is 473 g/mol. The van der Waals surface area contributed by atoms with Gasteiger partial charge in [0.2, 0.25) is 0 Å². The number of nitrogens with one attached hydrogen (secondary N) is 2. The molecule has 2 aliphatic heterocycles. The van der Waals surface area contributed by atoms with Crippen molar-refractivity contribution >= 4 is 10.9 Å². The number of methoxy groups -OCH3 is 2. The third-order valence-electron chi connectivity index (χ3n) is 9.79. The second kappa shape index (κ2) is 7.40. The largest absolute Gasteiger partial charge is 0.504 e. The number of nitrogens with zero attached hydrogens (tertiary/aromatic N) is 1. The van der Waals surface area contributed by atoms with E-state index in [0.717, 1.165) is 63.8 Å². The van der Waals surface area contributed by atoms with Gasteiger partial charge in [-0.1, -0.05) is 0 Å². The Kier molecular flexibility index (Phi) is 4.56. The molecule has 1 saturated carbocycles. The van der Waals surface area contributed by atoms with Gasteiger partial charge in [0.1, 0.15) is 5.75 Å².